The molecule has 0 aliphatic carbocycles. The van der Waals surface area contributed by atoms with Crippen molar-refractivity contribution < 1.29 is 33.4 Å². The molecule has 1 rings (SSSR count). The van der Waals surface area contributed by atoms with Gasteiger partial charge in [0, 0.05) is 6.54 Å². The second-order valence-electron chi connectivity index (χ2n) is 10.7. The van der Waals surface area contributed by atoms with Crippen molar-refractivity contribution >= 4 is 29.8 Å². The van der Waals surface area contributed by atoms with Gasteiger partial charge in [0.2, 0.25) is 17.7 Å². The number of hydrogen-bond donors (Lipinski definition) is 3. The number of esters is 1. The Morgan fingerprint density at radius 1 is 1.00 bits per heavy atom. The van der Waals surface area contributed by atoms with Crippen LogP contribution in [-0.2, 0) is 28.7 Å². The minimum Gasteiger partial charge on any atom is -0.468 e. The molecular weight excluding hydrogens is 516 g/mol. The number of rotatable bonds is 16. The van der Waals surface area contributed by atoms with Gasteiger partial charge < -0.3 is 30.7 Å². The molecule has 2 unspecified atom stereocenters. The minimum absolute atomic E-state index is 0.168. The first-order valence-corrected chi connectivity index (χ1v) is 13.8. The van der Waals surface area contributed by atoms with E-state index in [4.69, 9.17) is 10.5 Å². The number of unbranched alkanes of at least 4 members (excludes halogenated alkanes) is 5. The Hall–Kier alpha value is -3.63. The van der Waals surface area contributed by atoms with Crippen molar-refractivity contribution in [1.82, 2.24) is 15.5 Å². The Bertz CT molecular complexity index is 1010. The Balaban J connectivity index is 3.47. The number of hydrogen-bond acceptors (Lipinski definition) is 7. The highest BCUT2D eigenvalue weighted by Gasteiger charge is 2.37. The van der Waals surface area contributed by atoms with Crippen molar-refractivity contribution in [2.24, 2.45) is 5.73 Å². The molecule has 11 nitrogen and oxygen atoms in total. The van der Waals surface area contributed by atoms with Gasteiger partial charge in [-0.25, -0.2) is 4.79 Å². The van der Waals surface area contributed by atoms with Crippen LogP contribution in [-0.4, -0.2) is 66.5 Å². The van der Waals surface area contributed by atoms with Gasteiger partial charge in [-0.3, -0.25) is 19.2 Å². The van der Waals surface area contributed by atoms with Crippen LogP contribution < -0.4 is 16.4 Å². The zero-order valence-electron chi connectivity index (χ0n) is 24.7. The van der Waals surface area contributed by atoms with Gasteiger partial charge in [-0.05, 0) is 45.2 Å². The van der Waals surface area contributed by atoms with Gasteiger partial charge in [0.1, 0.15) is 24.2 Å². The molecule has 4 amide bonds. The molecule has 0 aromatic heterocycles. The van der Waals surface area contributed by atoms with Gasteiger partial charge in [0.15, 0.2) is 0 Å². The van der Waals surface area contributed by atoms with Gasteiger partial charge >= 0.3 is 12.1 Å². The summed E-state index contributed by atoms with van der Waals surface area (Å²) < 4.78 is 9.95. The molecule has 2 atom stereocenters. The lowest BCUT2D eigenvalue weighted by Crippen LogP contribution is -2.54. The lowest BCUT2D eigenvalue weighted by atomic mass is 9.97. The van der Waals surface area contributed by atoms with E-state index in [1.54, 1.807) is 32.9 Å². The fourth-order valence-electron chi connectivity index (χ4n) is 4.15. The summed E-state index contributed by atoms with van der Waals surface area (Å²) in [7, 11) is 1.21. The lowest BCUT2D eigenvalue weighted by Gasteiger charge is -2.35. The summed E-state index contributed by atoms with van der Waals surface area (Å²) in [6.07, 6.45) is 4.21. The first-order chi connectivity index (χ1) is 18.8. The van der Waals surface area contributed by atoms with Crippen LogP contribution in [0.25, 0.3) is 0 Å². The highest BCUT2D eigenvalue weighted by molar-refractivity contribution is 5.95. The van der Waals surface area contributed by atoms with Gasteiger partial charge in [0.05, 0.1) is 13.5 Å². The highest BCUT2D eigenvalue weighted by Crippen LogP contribution is 2.27. The van der Waals surface area contributed by atoms with Gasteiger partial charge in [-0.15, -0.1) is 0 Å². The van der Waals surface area contributed by atoms with Crippen LogP contribution in [0.1, 0.15) is 89.8 Å². The molecule has 0 saturated carbocycles. The monoisotopic (exact) mass is 562 g/mol. The number of amides is 4. The van der Waals surface area contributed by atoms with Crippen LogP contribution in [0.3, 0.4) is 0 Å². The second kappa shape index (κ2) is 17.1. The number of alkyl carbamates (subject to hydrolysis) is 1. The van der Waals surface area contributed by atoms with Gasteiger partial charge in [0.25, 0.3) is 0 Å². The Morgan fingerprint density at radius 3 is 2.20 bits per heavy atom. The smallest absolute Gasteiger partial charge is 0.408 e. The number of nitrogens with zero attached hydrogens (tertiary/aromatic N) is 1. The van der Waals surface area contributed by atoms with Crippen molar-refractivity contribution in [2.45, 2.75) is 97.2 Å². The molecule has 40 heavy (non-hydrogen) atoms. The molecule has 1 aromatic carbocycles. The van der Waals surface area contributed by atoms with Crippen molar-refractivity contribution in [1.29, 1.82) is 0 Å². The number of carbonyl (C=O) groups excluding carboxylic acids is 5. The maximum Gasteiger partial charge on any atom is 0.408 e. The van der Waals surface area contributed by atoms with E-state index in [9.17, 15) is 24.0 Å². The molecule has 0 saturated heterocycles. The number of nitrogens with one attached hydrogen (secondary N) is 2. The third kappa shape index (κ3) is 12.5. The van der Waals surface area contributed by atoms with E-state index in [-0.39, 0.29) is 6.54 Å². The van der Waals surface area contributed by atoms with Crippen LogP contribution in [0.2, 0.25) is 0 Å². The van der Waals surface area contributed by atoms with Crippen LogP contribution in [0, 0.1) is 6.92 Å². The number of ether oxygens (including phenoxy) is 2. The standard InChI is InChI=1S/C29H46N4O7/c1-7-8-9-10-11-14-17-33(27(37)22(18-23(30)34)32-28(38)40-29(3,4)5)25(21-16-13-12-15-20(21)2)26(36)31-19-24(35)39-6/h12-13,15-16,22,25H,7-11,14,17-19H2,1-6H3,(H2,30,34)(H,31,36)(H,32,38). The Kier molecular flexibility index (Phi) is 14.7. The maximum absolute atomic E-state index is 14.0. The first-order valence-electron chi connectivity index (χ1n) is 13.8. The zero-order chi connectivity index (χ0) is 30.3. The van der Waals surface area contributed by atoms with Crippen molar-refractivity contribution in [3.05, 3.63) is 35.4 Å². The van der Waals surface area contributed by atoms with Gasteiger partial charge in [-0.2, -0.15) is 0 Å². The van der Waals surface area contributed by atoms with Crippen LogP contribution in [0.4, 0.5) is 4.79 Å². The molecule has 0 heterocycles. The van der Waals surface area contributed by atoms with Crippen LogP contribution >= 0.6 is 0 Å². The van der Waals surface area contributed by atoms with Crippen molar-refractivity contribution in [3.8, 4) is 0 Å². The molecule has 0 aliphatic rings. The van der Waals surface area contributed by atoms with Gasteiger partial charge in [-0.1, -0.05) is 63.3 Å². The summed E-state index contributed by atoms with van der Waals surface area (Å²) in [6.45, 7) is 8.71. The molecule has 0 spiro atoms. The lowest BCUT2D eigenvalue weighted by molar-refractivity contribution is -0.145. The molecule has 11 heteroatoms. The molecule has 0 fully saturated rings. The summed E-state index contributed by atoms with van der Waals surface area (Å²) >= 11 is 0. The summed E-state index contributed by atoms with van der Waals surface area (Å²) in [5, 5.41) is 5.02. The maximum atomic E-state index is 14.0. The topological polar surface area (TPSA) is 157 Å². The molecule has 0 bridgehead atoms. The molecular formula is C29H46N4O7. The number of aryl methyl sites for hydroxylation is 1. The Morgan fingerprint density at radius 2 is 1.62 bits per heavy atom. The summed E-state index contributed by atoms with van der Waals surface area (Å²) in [6, 6.07) is 4.57. The summed E-state index contributed by atoms with van der Waals surface area (Å²) in [5.74, 6) is -2.73. The predicted molar refractivity (Wildman–Crippen MR) is 151 cm³/mol. The quantitative estimate of drug-likeness (QED) is 0.206. The molecule has 1 aromatic rings. The second-order valence-corrected chi connectivity index (χ2v) is 10.7. The van der Waals surface area contributed by atoms with E-state index in [1.807, 2.05) is 19.1 Å². The number of primary amides is 1. The fraction of sp³-hybridized carbons (Fsp3) is 0.621. The average Bonchev–Trinajstić information content (AvgIpc) is 2.87. The normalized spacial score (nSPS) is 12.6. The largest absolute Gasteiger partial charge is 0.468 e. The van der Waals surface area contributed by atoms with E-state index < -0.39 is 60.4 Å². The summed E-state index contributed by atoms with van der Waals surface area (Å²) in [5.41, 5.74) is 5.87. The van der Waals surface area contributed by atoms with E-state index in [0.717, 1.165) is 37.7 Å². The van der Waals surface area contributed by atoms with E-state index >= 15 is 0 Å². The third-order valence-electron chi connectivity index (χ3n) is 6.11. The number of nitrogens with two attached hydrogens (primary N) is 1. The summed E-state index contributed by atoms with van der Waals surface area (Å²) in [4.78, 5) is 65.3. The third-order valence-corrected chi connectivity index (χ3v) is 6.11. The number of carbonyl (C=O) groups is 5. The highest BCUT2D eigenvalue weighted by atomic mass is 16.6. The molecule has 0 radical (unpaired) electrons. The average molecular weight is 563 g/mol. The predicted octanol–water partition coefficient (Wildman–Crippen LogP) is 3.28. The zero-order valence-corrected chi connectivity index (χ0v) is 24.7. The van der Waals surface area contributed by atoms with E-state index in [0.29, 0.717) is 12.0 Å². The van der Waals surface area contributed by atoms with Crippen molar-refractivity contribution in [2.75, 3.05) is 20.2 Å². The SMILES string of the molecule is CCCCCCCCN(C(=O)C(CC(N)=O)NC(=O)OC(C)(C)C)C(C(=O)NCC(=O)OC)c1ccccc1C. The van der Waals surface area contributed by atoms with Crippen LogP contribution in [0.15, 0.2) is 24.3 Å². The first kappa shape index (κ1) is 34.4. The molecule has 224 valence electrons. The number of methoxy groups -OCH3 is 1. The molecule has 0 aliphatic heterocycles. The molecule has 4 N–H and O–H groups in total. The Labute approximate surface area is 237 Å². The van der Waals surface area contributed by atoms with Crippen molar-refractivity contribution in [3.63, 3.8) is 0 Å². The minimum atomic E-state index is -1.37. The number of benzene rings is 1. The van der Waals surface area contributed by atoms with E-state index in [1.165, 1.54) is 12.0 Å². The van der Waals surface area contributed by atoms with Crippen LogP contribution in [0.5, 0.6) is 0 Å². The van der Waals surface area contributed by atoms with E-state index in [2.05, 4.69) is 22.3 Å². The fourth-order valence-corrected chi connectivity index (χ4v) is 4.15.